The van der Waals surface area contributed by atoms with Crippen LogP contribution in [0.1, 0.15) is 68.2 Å². The highest BCUT2D eigenvalue weighted by Crippen LogP contribution is 2.33. The van der Waals surface area contributed by atoms with Crippen molar-refractivity contribution in [2.75, 3.05) is 0 Å². The highest BCUT2D eigenvalue weighted by molar-refractivity contribution is 8.01. The van der Waals surface area contributed by atoms with Gasteiger partial charge in [0.25, 0.3) is 0 Å². The molecule has 0 saturated heterocycles. The molecule has 0 aromatic heterocycles. The van der Waals surface area contributed by atoms with Crippen LogP contribution in [0.15, 0.2) is 45.9 Å². The zero-order chi connectivity index (χ0) is 21.5. The van der Waals surface area contributed by atoms with Crippen LogP contribution in [0.2, 0.25) is 0 Å². The molecule has 1 N–H and O–H groups in total. The number of amides is 1. The Morgan fingerprint density at radius 2 is 1.68 bits per heavy atom. The first kappa shape index (κ1) is 24.4. The van der Waals surface area contributed by atoms with Crippen molar-refractivity contribution in [3.8, 4) is 0 Å². The van der Waals surface area contributed by atoms with Crippen LogP contribution in [0, 0.1) is 11.2 Å². The molecule has 1 amide bonds. The summed E-state index contributed by atoms with van der Waals surface area (Å²) in [7, 11) is 0. The molecular formula is C23H35FN2OS. The van der Waals surface area contributed by atoms with Gasteiger partial charge in [-0.15, -0.1) is 11.8 Å². The molecule has 0 aliphatic heterocycles. The first-order chi connectivity index (χ1) is 12.9. The van der Waals surface area contributed by atoms with Crippen molar-refractivity contribution in [2.24, 2.45) is 10.4 Å². The predicted molar refractivity (Wildman–Crippen MR) is 119 cm³/mol. The van der Waals surface area contributed by atoms with Gasteiger partial charge in [0, 0.05) is 27.8 Å². The molecule has 1 aromatic carbocycles. The molecule has 28 heavy (non-hydrogen) atoms. The van der Waals surface area contributed by atoms with Crippen molar-refractivity contribution in [2.45, 2.75) is 83.9 Å². The van der Waals surface area contributed by atoms with Gasteiger partial charge in [-0.25, -0.2) is 4.39 Å². The van der Waals surface area contributed by atoms with Gasteiger partial charge in [0.2, 0.25) is 5.91 Å². The Morgan fingerprint density at radius 1 is 1.14 bits per heavy atom. The summed E-state index contributed by atoms with van der Waals surface area (Å²) in [5.74, 6) is -0.372. The van der Waals surface area contributed by atoms with Crippen LogP contribution in [0.3, 0.4) is 0 Å². The maximum absolute atomic E-state index is 13.1. The number of thioether (sulfide) groups is 1. The molecule has 0 radical (unpaired) electrons. The second kappa shape index (κ2) is 10.2. The van der Waals surface area contributed by atoms with Gasteiger partial charge in [-0.05, 0) is 64.0 Å². The highest BCUT2D eigenvalue weighted by atomic mass is 32.2. The number of benzene rings is 1. The molecule has 0 fully saturated rings. The maximum Gasteiger partial charge on any atom is 0.240 e. The average Bonchev–Trinajstić information content (AvgIpc) is 2.59. The minimum atomic E-state index is -0.693. The molecule has 156 valence electrons. The van der Waals surface area contributed by atoms with E-state index in [1.165, 1.54) is 23.9 Å². The summed E-state index contributed by atoms with van der Waals surface area (Å²) in [5.41, 5.74) is 1.66. The lowest BCUT2D eigenvalue weighted by atomic mass is 9.88. The van der Waals surface area contributed by atoms with E-state index in [4.69, 9.17) is 4.99 Å². The third-order valence-electron chi connectivity index (χ3n) is 4.43. The summed E-state index contributed by atoms with van der Waals surface area (Å²) in [4.78, 5) is 18.6. The molecule has 0 heterocycles. The number of allylic oxidation sites excluding steroid dienone is 2. The molecule has 0 aliphatic carbocycles. The van der Waals surface area contributed by atoms with Gasteiger partial charge in [-0.2, -0.15) is 0 Å². The first-order valence-corrected chi connectivity index (χ1v) is 10.7. The Bertz CT molecular complexity index is 711. The third-order valence-corrected chi connectivity index (χ3v) is 5.63. The van der Waals surface area contributed by atoms with Gasteiger partial charge in [0.1, 0.15) is 5.82 Å². The average molecular weight is 407 g/mol. The Kier molecular flexibility index (Phi) is 8.93. The Hall–Kier alpha value is -1.62. The summed E-state index contributed by atoms with van der Waals surface area (Å²) >= 11 is 1.41. The SMILES string of the molecule is CCC(CC)N=C(C=C(C)NC(=O)C(C)(C)Sc1ccc(F)cc1)C(C)(C)C. The zero-order valence-corrected chi connectivity index (χ0v) is 19.3. The van der Waals surface area contributed by atoms with Crippen LogP contribution in [0.5, 0.6) is 0 Å². The Balaban J connectivity index is 2.96. The van der Waals surface area contributed by atoms with Crippen LogP contribution in [0.4, 0.5) is 4.39 Å². The minimum absolute atomic E-state index is 0.0913. The van der Waals surface area contributed by atoms with Crippen molar-refractivity contribution in [3.05, 3.63) is 41.9 Å². The molecule has 0 spiro atoms. The third kappa shape index (κ3) is 7.78. The number of rotatable bonds is 8. The van der Waals surface area contributed by atoms with Crippen molar-refractivity contribution in [3.63, 3.8) is 0 Å². The summed E-state index contributed by atoms with van der Waals surface area (Å²) in [6.07, 6.45) is 3.97. The maximum atomic E-state index is 13.1. The van der Waals surface area contributed by atoms with E-state index in [0.717, 1.165) is 29.1 Å². The van der Waals surface area contributed by atoms with Gasteiger partial charge in [-0.3, -0.25) is 9.79 Å². The molecule has 3 nitrogen and oxygen atoms in total. The van der Waals surface area contributed by atoms with E-state index < -0.39 is 4.75 Å². The van der Waals surface area contributed by atoms with E-state index in [9.17, 15) is 9.18 Å². The number of halogens is 1. The van der Waals surface area contributed by atoms with E-state index in [1.807, 2.05) is 26.8 Å². The van der Waals surface area contributed by atoms with Crippen LogP contribution >= 0.6 is 11.8 Å². The number of hydrogen-bond acceptors (Lipinski definition) is 3. The van der Waals surface area contributed by atoms with Crippen LogP contribution in [-0.2, 0) is 4.79 Å². The molecular weight excluding hydrogens is 371 g/mol. The number of nitrogens with one attached hydrogen (secondary N) is 1. The lowest BCUT2D eigenvalue weighted by Gasteiger charge is -2.25. The number of carbonyl (C=O) groups excluding carboxylic acids is 1. The van der Waals surface area contributed by atoms with Crippen molar-refractivity contribution in [1.82, 2.24) is 5.32 Å². The highest BCUT2D eigenvalue weighted by Gasteiger charge is 2.29. The second-order valence-corrected chi connectivity index (χ2v) is 10.3. The van der Waals surface area contributed by atoms with E-state index in [1.54, 1.807) is 12.1 Å². The summed E-state index contributed by atoms with van der Waals surface area (Å²) in [6, 6.07) is 6.49. The molecule has 0 saturated carbocycles. The van der Waals surface area contributed by atoms with Crippen molar-refractivity contribution >= 4 is 23.4 Å². The Morgan fingerprint density at radius 3 is 2.14 bits per heavy atom. The Labute approximate surface area is 174 Å². The minimum Gasteiger partial charge on any atom is -0.329 e. The summed E-state index contributed by atoms with van der Waals surface area (Å²) < 4.78 is 12.4. The van der Waals surface area contributed by atoms with Gasteiger partial charge in [-0.1, -0.05) is 34.6 Å². The molecule has 5 heteroatoms. The standard InChI is InChI=1S/C23H35FN2OS/c1-9-18(10-2)26-20(22(4,5)6)15-16(3)25-21(27)23(7,8)28-19-13-11-17(24)12-14-19/h11-15,18H,9-10H2,1-8H3,(H,25,27). The monoisotopic (exact) mass is 406 g/mol. The van der Waals surface area contributed by atoms with Gasteiger partial charge < -0.3 is 5.32 Å². The van der Waals surface area contributed by atoms with Crippen LogP contribution in [0.25, 0.3) is 0 Å². The topological polar surface area (TPSA) is 41.5 Å². The molecule has 1 rings (SSSR count). The van der Waals surface area contributed by atoms with E-state index in [0.29, 0.717) is 6.04 Å². The molecule has 1 aromatic rings. The number of nitrogens with zero attached hydrogens (tertiary/aromatic N) is 1. The van der Waals surface area contributed by atoms with Crippen LogP contribution in [-0.4, -0.2) is 22.4 Å². The lowest BCUT2D eigenvalue weighted by Crippen LogP contribution is -2.39. The smallest absolute Gasteiger partial charge is 0.240 e. The van der Waals surface area contributed by atoms with E-state index in [2.05, 4.69) is 39.9 Å². The number of hydrogen-bond donors (Lipinski definition) is 1. The molecule has 0 aliphatic rings. The fourth-order valence-corrected chi connectivity index (χ4v) is 3.53. The predicted octanol–water partition coefficient (Wildman–Crippen LogP) is 6.39. The summed E-state index contributed by atoms with van der Waals surface area (Å²) in [5, 5.41) is 3.01. The van der Waals surface area contributed by atoms with Gasteiger partial charge >= 0.3 is 0 Å². The lowest BCUT2D eigenvalue weighted by molar-refractivity contribution is -0.121. The zero-order valence-electron chi connectivity index (χ0n) is 18.5. The molecule has 0 unspecified atom stereocenters. The second-order valence-electron chi connectivity index (χ2n) is 8.58. The fraction of sp³-hybridized carbons (Fsp3) is 0.565. The van der Waals surface area contributed by atoms with E-state index in [-0.39, 0.29) is 17.1 Å². The molecule has 0 bridgehead atoms. The molecule has 0 atom stereocenters. The normalized spacial score (nSPS) is 13.8. The quantitative estimate of drug-likeness (QED) is 0.401. The van der Waals surface area contributed by atoms with E-state index >= 15 is 0 Å². The van der Waals surface area contributed by atoms with Crippen LogP contribution < -0.4 is 5.32 Å². The fourth-order valence-electron chi connectivity index (χ4n) is 2.53. The first-order valence-electron chi connectivity index (χ1n) is 9.91. The van der Waals surface area contributed by atoms with Gasteiger partial charge in [0.05, 0.1) is 4.75 Å². The summed E-state index contributed by atoms with van der Waals surface area (Å²) in [6.45, 7) is 16.3. The van der Waals surface area contributed by atoms with Gasteiger partial charge in [0.15, 0.2) is 0 Å². The van der Waals surface area contributed by atoms with Crippen molar-refractivity contribution < 1.29 is 9.18 Å². The number of aliphatic imine (C=N–C) groups is 1. The van der Waals surface area contributed by atoms with Crippen molar-refractivity contribution in [1.29, 1.82) is 0 Å². The largest absolute Gasteiger partial charge is 0.329 e. The number of carbonyl (C=O) groups is 1.